The molecule has 0 unspecified atom stereocenters. The summed E-state index contributed by atoms with van der Waals surface area (Å²) in [5, 5.41) is 0. The summed E-state index contributed by atoms with van der Waals surface area (Å²) in [7, 11) is 0. The first-order valence-electron chi connectivity index (χ1n) is 13.0. The molecular formula is C35H24N4. The molecule has 0 bridgehead atoms. The first kappa shape index (κ1) is 22.8. The predicted molar refractivity (Wildman–Crippen MR) is 158 cm³/mol. The highest BCUT2D eigenvalue weighted by atomic mass is 15.1. The fourth-order valence-electron chi connectivity index (χ4n) is 4.99. The highest BCUT2D eigenvalue weighted by molar-refractivity contribution is 5.83. The summed E-state index contributed by atoms with van der Waals surface area (Å²) < 4.78 is 2.19. The number of aromatic nitrogens is 4. The lowest BCUT2D eigenvalue weighted by molar-refractivity contribution is 1.10. The number of hydrogen-bond acceptors (Lipinski definition) is 3. The quantitative estimate of drug-likeness (QED) is 0.238. The van der Waals surface area contributed by atoms with Gasteiger partial charge in [-0.2, -0.15) is 0 Å². The maximum absolute atomic E-state index is 5.08. The minimum atomic E-state index is 0.866. The third-order valence-electron chi connectivity index (χ3n) is 6.91. The molecular weight excluding hydrogens is 476 g/mol. The Kier molecular flexibility index (Phi) is 5.76. The lowest BCUT2D eigenvalue weighted by atomic mass is 10.00. The van der Waals surface area contributed by atoms with E-state index in [2.05, 4.69) is 107 Å². The Morgan fingerprint density at radius 3 is 1.67 bits per heavy atom. The van der Waals surface area contributed by atoms with E-state index in [-0.39, 0.29) is 0 Å². The summed E-state index contributed by atoms with van der Waals surface area (Å²) in [4.78, 5) is 14.3. The van der Waals surface area contributed by atoms with Crippen molar-refractivity contribution in [2.24, 2.45) is 0 Å². The molecule has 0 fully saturated rings. The van der Waals surface area contributed by atoms with Crippen LogP contribution in [-0.4, -0.2) is 19.5 Å². The molecule has 0 aliphatic heterocycles. The van der Waals surface area contributed by atoms with Gasteiger partial charge in [0.05, 0.1) is 23.1 Å². The lowest BCUT2D eigenvalue weighted by Gasteiger charge is -2.12. The van der Waals surface area contributed by atoms with Crippen molar-refractivity contribution in [3.8, 4) is 50.7 Å². The van der Waals surface area contributed by atoms with Gasteiger partial charge in [0.1, 0.15) is 11.3 Å². The van der Waals surface area contributed by atoms with E-state index in [1.54, 1.807) is 0 Å². The second-order valence-corrected chi connectivity index (χ2v) is 9.41. The molecule has 0 spiro atoms. The molecule has 3 aromatic heterocycles. The SMILES string of the molecule is c1ccc(-c2cc(-c3ccccc3)nc(-c3ccc(-n4c(-c5ccccc5)nc5cnccc54)cc3)c2)cc1. The van der Waals surface area contributed by atoms with Crippen molar-refractivity contribution in [3.05, 3.63) is 146 Å². The zero-order valence-corrected chi connectivity index (χ0v) is 21.1. The van der Waals surface area contributed by atoms with Crippen LogP contribution >= 0.6 is 0 Å². The van der Waals surface area contributed by atoms with Gasteiger partial charge in [-0.1, -0.05) is 103 Å². The van der Waals surface area contributed by atoms with E-state index in [1.165, 1.54) is 5.56 Å². The third kappa shape index (κ3) is 4.38. The molecule has 184 valence electrons. The number of nitrogens with zero attached hydrogens (tertiary/aromatic N) is 4. The van der Waals surface area contributed by atoms with E-state index in [4.69, 9.17) is 9.97 Å². The van der Waals surface area contributed by atoms with E-state index in [0.717, 1.165) is 56.2 Å². The Bertz CT molecular complexity index is 1820. The minimum Gasteiger partial charge on any atom is -0.292 e. The highest BCUT2D eigenvalue weighted by Crippen LogP contribution is 2.32. The van der Waals surface area contributed by atoms with Gasteiger partial charge in [-0.05, 0) is 41.5 Å². The third-order valence-corrected chi connectivity index (χ3v) is 6.91. The molecule has 0 saturated heterocycles. The van der Waals surface area contributed by atoms with Crippen molar-refractivity contribution in [1.82, 2.24) is 19.5 Å². The van der Waals surface area contributed by atoms with Crippen molar-refractivity contribution in [2.45, 2.75) is 0 Å². The standard InChI is InChI=1S/C35H24N4/c1-4-10-25(11-5-1)29-22-31(26-12-6-2-7-13-26)37-32(23-29)27-16-18-30(19-17-27)39-34-20-21-36-24-33(34)38-35(39)28-14-8-3-9-15-28/h1-24H. The van der Waals surface area contributed by atoms with Crippen LogP contribution in [0.5, 0.6) is 0 Å². The Morgan fingerprint density at radius 1 is 0.462 bits per heavy atom. The normalized spacial score (nSPS) is 11.1. The van der Waals surface area contributed by atoms with Gasteiger partial charge in [0.2, 0.25) is 0 Å². The lowest BCUT2D eigenvalue weighted by Crippen LogP contribution is -1.98. The van der Waals surface area contributed by atoms with Gasteiger partial charge >= 0.3 is 0 Å². The van der Waals surface area contributed by atoms with Crippen molar-refractivity contribution < 1.29 is 0 Å². The van der Waals surface area contributed by atoms with Crippen LogP contribution < -0.4 is 0 Å². The second kappa shape index (κ2) is 9.84. The van der Waals surface area contributed by atoms with Gasteiger partial charge in [-0.3, -0.25) is 9.55 Å². The van der Waals surface area contributed by atoms with Crippen LogP contribution in [-0.2, 0) is 0 Å². The monoisotopic (exact) mass is 500 g/mol. The van der Waals surface area contributed by atoms with Gasteiger partial charge in [0, 0.05) is 28.6 Å². The summed E-state index contributed by atoms with van der Waals surface area (Å²) >= 11 is 0. The first-order valence-corrected chi connectivity index (χ1v) is 13.0. The molecule has 7 aromatic rings. The van der Waals surface area contributed by atoms with E-state index in [0.29, 0.717) is 0 Å². The van der Waals surface area contributed by atoms with E-state index >= 15 is 0 Å². The highest BCUT2D eigenvalue weighted by Gasteiger charge is 2.15. The van der Waals surface area contributed by atoms with Crippen molar-refractivity contribution >= 4 is 11.0 Å². The van der Waals surface area contributed by atoms with Crippen LogP contribution in [0.15, 0.2) is 146 Å². The smallest absolute Gasteiger partial charge is 0.145 e. The largest absolute Gasteiger partial charge is 0.292 e. The average Bonchev–Trinajstić information content (AvgIpc) is 3.42. The topological polar surface area (TPSA) is 43.6 Å². The van der Waals surface area contributed by atoms with Crippen LogP contribution in [0.1, 0.15) is 0 Å². The Labute approximate surface area is 226 Å². The molecule has 0 radical (unpaired) electrons. The van der Waals surface area contributed by atoms with Gasteiger partial charge in [0.25, 0.3) is 0 Å². The number of pyridine rings is 2. The maximum atomic E-state index is 5.08. The van der Waals surface area contributed by atoms with E-state index < -0.39 is 0 Å². The fraction of sp³-hybridized carbons (Fsp3) is 0. The van der Waals surface area contributed by atoms with E-state index in [9.17, 15) is 0 Å². The number of fused-ring (bicyclic) bond motifs is 1. The van der Waals surface area contributed by atoms with Crippen LogP contribution in [0.4, 0.5) is 0 Å². The van der Waals surface area contributed by atoms with Gasteiger partial charge < -0.3 is 0 Å². The number of imidazole rings is 1. The molecule has 39 heavy (non-hydrogen) atoms. The molecule has 0 aliphatic carbocycles. The number of rotatable bonds is 5. The van der Waals surface area contributed by atoms with Crippen molar-refractivity contribution in [3.63, 3.8) is 0 Å². The minimum absolute atomic E-state index is 0.866. The molecule has 4 nitrogen and oxygen atoms in total. The van der Waals surface area contributed by atoms with Gasteiger partial charge in [0.15, 0.2) is 0 Å². The number of hydrogen-bond donors (Lipinski definition) is 0. The molecule has 0 atom stereocenters. The summed E-state index contributed by atoms with van der Waals surface area (Å²) in [5.74, 6) is 0.891. The molecule has 0 aliphatic rings. The summed E-state index contributed by atoms with van der Waals surface area (Å²) in [6, 6.07) is 46.0. The van der Waals surface area contributed by atoms with Crippen LogP contribution in [0.25, 0.3) is 61.8 Å². The Balaban J connectivity index is 1.35. The summed E-state index contributed by atoms with van der Waals surface area (Å²) in [6.07, 6.45) is 3.63. The fourth-order valence-corrected chi connectivity index (χ4v) is 4.99. The van der Waals surface area contributed by atoms with Gasteiger partial charge in [-0.25, -0.2) is 9.97 Å². The first-order chi connectivity index (χ1) is 19.3. The molecule has 3 heterocycles. The van der Waals surface area contributed by atoms with E-state index in [1.807, 2.05) is 48.8 Å². The second-order valence-electron chi connectivity index (χ2n) is 9.41. The van der Waals surface area contributed by atoms with Crippen molar-refractivity contribution in [1.29, 1.82) is 0 Å². The predicted octanol–water partition coefficient (Wildman–Crippen LogP) is 8.48. The average molecular weight is 501 g/mol. The summed E-state index contributed by atoms with van der Waals surface area (Å²) in [5.41, 5.74) is 10.3. The molecule has 0 saturated carbocycles. The molecule has 0 N–H and O–H groups in total. The van der Waals surface area contributed by atoms with Crippen LogP contribution in [0.2, 0.25) is 0 Å². The van der Waals surface area contributed by atoms with Crippen molar-refractivity contribution in [2.75, 3.05) is 0 Å². The molecule has 4 heteroatoms. The summed E-state index contributed by atoms with van der Waals surface area (Å²) in [6.45, 7) is 0. The van der Waals surface area contributed by atoms with Crippen LogP contribution in [0.3, 0.4) is 0 Å². The number of benzene rings is 4. The Hall–Kier alpha value is -5.35. The molecule has 7 rings (SSSR count). The molecule has 4 aromatic carbocycles. The Morgan fingerprint density at radius 2 is 1.03 bits per heavy atom. The van der Waals surface area contributed by atoms with Gasteiger partial charge in [-0.15, -0.1) is 0 Å². The molecule has 0 amide bonds. The zero-order chi connectivity index (χ0) is 26.0. The zero-order valence-electron chi connectivity index (χ0n) is 21.1. The van der Waals surface area contributed by atoms with Crippen LogP contribution in [0, 0.1) is 0 Å². The maximum Gasteiger partial charge on any atom is 0.145 e.